The van der Waals surface area contributed by atoms with Crippen LogP contribution in [0.1, 0.15) is 16.8 Å². The number of hydrogen-bond donors (Lipinski definition) is 0. The van der Waals surface area contributed by atoms with Crippen molar-refractivity contribution >= 4 is 17.6 Å². The summed E-state index contributed by atoms with van der Waals surface area (Å²) in [7, 11) is 1.51. The van der Waals surface area contributed by atoms with Crippen LogP contribution in [-0.4, -0.2) is 25.5 Å². The summed E-state index contributed by atoms with van der Waals surface area (Å²) < 4.78 is 10.7. The Morgan fingerprint density at radius 3 is 2.59 bits per heavy atom. The monoisotopic (exact) mass is 297 g/mol. The van der Waals surface area contributed by atoms with Gasteiger partial charge in [-0.1, -0.05) is 24.3 Å². The largest absolute Gasteiger partial charge is 0.495 e. The zero-order valence-corrected chi connectivity index (χ0v) is 12.1. The average molecular weight is 297 g/mol. The molecule has 5 heteroatoms. The second-order valence-corrected chi connectivity index (χ2v) is 4.86. The third kappa shape index (κ3) is 2.53. The van der Waals surface area contributed by atoms with Crippen LogP contribution in [0.3, 0.4) is 0 Å². The Morgan fingerprint density at radius 2 is 1.86 bits per heavy atom. The van der Waals surface area contributed by atoms with Crippen molar-refractivity contribution in [1.82, 2.24) is 0 Å². The number of rotatable bonds is 2. The molecule has 1 heterocycles. The molecule has 1 aliphatic heterocycles. The molecule has 0 spiro atoms. The number of ketones is 1. The van der Waals surface area contributed by atoms with E-state index in [1.54, 1.807) is 42.5 Å². The van der Waals surface area contributed by atoms with Crippen LogP contribution in [0.4, 0.5) is 10.5 Å². The normalized spacial score (nSPS) is 13.5. The van der Waals surface area contributed by atoms with Crippen LogP contribution in [0.25, 0.3) is 0 Å². The molecule has 0 saturated carbocycles. The Hall–Kier alpha value is -2.82. The molecule has 0 N–H and O–H groups in total. The maximum atomic E-state index is 12.4. The molecule has 0 atom stereocenters. The van der Waals surface area contributed by atoms with Crippen molar-refractivity contribution in [2.45, 2.75) is 6.42 Å². The zero-order chi connectivity index (χ0) is 15.5. The minimum Gasteiger partial charge on any atom is -0.495 e. The number of para-hydroxylation sites is 2. The van der Waals surface area contributed by atoms with Crippen LogP contribution in [0, 0.1) is 0 Å². The molecule has 2 aromatic rings. The van der Waals surface area contributed by atoms with E-state index in [9.17, 15) is 9.59 Å². The van der Waals surface area contributed by atoms with E-state index >= 15 is 0 Å². The third-order valence-corrected chi connectivity index (χ3v) is 3.52. The van der Waals surface area contributed by atoms with Gasteiger partial charge in [0.25, 0.3) is 0 Å². The highest BCUT2D eigenvalue weighted by atomic mass is 16.6. The fraction of sp³-hybridized carbons (Fsp3) is 0.176. The number of amides is 1. The van der Waals surface area contributed by atoms with E-state index < -0.39 is 6.09 Å². The van der Waals surface area contributed by atoms with E-state index in [0.717, 1.165) is 0 Å². The summed E-state index contributed by atoms with van der Waals surface area (Å²) in [4.78, 5) is 25.9. The second kappa shape index (κ2) is 5.89. The summed E-state index contributed by atoms with van der Waals surface area (Å²) in [6, 6.07) is 14.0. The van der Waals surface area contributed by atoms with Crippen LogP contribution in [0.5, 0.6) is 11.5 Å². The smallest absolute Gasteiger partial charge is 0.419 e. The lowest BCUT2D eigenvalue weighted by Crippen LogP contribution is -2.39. The minimum atomic E-state index is -0.524. The van der Waals surface area contributed by atoms with Crippen molar-refractivity contribution < 1.29 is 19.1 Å². The van der Waals surface area contributed by atoms with E-state index in [1.165, 1.54) is 12.0 Å². The molecule has 22 heavy (non-hydrogen) atoms. The Labute approximate surface area is 128 Å². The van der Waals surface area contributed by atoms with Crippen LogP contribution < -0.4 is 14.4 Å². The molecule has 0 fully saturated rings. The van der Waals surface area contributed by atoms with Gasteiger partial charge in [0.15, 0.2) is 5.78 Å². The molecule has 1 amide bonds. The maximum Gasteiger partial charge on any atom is 0.419 e. The number of benzene rings is 2. The van der Waals surface area contributed by atoms with Crippen molar-refractivity contribution in [3.05, 3.63) is 54.1 Å². The molecule has 1 aliphatic rings. The summed E-state index contributed by atoms with van der Waals surface area (Å²) in [5.41, 5.74) is 0.956. The van der Waals surface area contributed by atoms with Crippen molar-refractivity contribution in [3.63, 3.8) is 0 Å². The molecule has 0 aliphatic carbocycles. The lowest BCUT2D eigenvalue weighted by atomic mass is 10.00. The number of carbonyl (C=O) groups is 2. The fourth-order valence-electron chi connectivity index (χ4n) is 2.48. The first-order chi connectivity index (χ1) is 10.7. The van der Waals surface area contributed by atoms with Crippen molar-refractivity contribution in [2.24, 2.45) is 0 Å². The highest BCUT2D eigenvalue weighted by molar-refractivity contribution is 6.09. The first-order valence-corrected chi connectivity index (χ1v) is 6.95. The predicted octanol–water partition coefficient (Wildman–Crippen LogP) is 3.29. The summed E-state index contributed by atoms with van der Waals surface area (Å²) in [6.07, 6.45) is -0.256. The SMILES string of the molecule is COc1cccc2c1N(C(=O)Oc1ccccc1)CCC2=O. The number of Topliss-reactive ketones (excluding diaryl/α,β-unsaturated/α-hetero) is 1. The highest BCUT2D eigenvalue weighted by Gasteiger charge is 2.31. The van der Waals surface area contributed by atoms with Crippen molar-refractivity contribution in [1.29, 1.82) is 0 Å². The summed E-state index contributed by atoms with van der Waals surface area (Å²) >= 11 is 0. The number of anilines is 1. The van der Waals surface area contributed by atoms with Gasteiger partial charge >= 0.3 is 6.09 Å². The molecule has 2 aromatic carbocycles. The molecular weight excluding hydrogens is 282 g/mol. The van der Waals surface area contributed by atoms with Gasteiger partial charge < -0.3 is 9.47 Å². The number of methoxy groups -OCH3 is 1. The van der Waals surface area contributed by atoms with Crippen LogP contribution in [-0.2, 0) is 0 Å². The minimum absolute atomic E-state index is 0.00217. The quantitative estimate of drug-likeness (QED) is 0.853. The molecule has 3 rings (SSSR count). The van der Waals surface area contributed by atoms with Gasteiger partial charge in [-0.3, -0.25) is 9.69 Å². The zero-order valence-electron chi connectivity index (χ0n) is 12.1. The van der Waals surface area contributed by atoms with E-state index in [1.807, 2.05) is 6.07 Å². The number of carbonyl (C=O) groups excluding carboxylic acids is 2. The summed E-state index contributed by atoms with van der Waals surface area (Å²) in [5, 5.41) is 0. The average Bonchev–Trinajstić information content (AvgIpc) is 2.55. The van der Waals surface area contributed by atoms with Gasteiger partial charge in [-0.05, 0) is 24.3 Å². The Morgan fingerprint density at radius 1 is 1.09 bits per heavy atom. The lowest BCUT2D eigenvalue weighted by Gasteiger charge is -2.29. The van der Waals surface area contributed by atoms with Crippen LogP contribution in [0.2, 0.25) is 0 Å². The molecule has 112 valence electrons. The van der Waals surface area contributed by atoms with Gasteiger partial charge in [0.2, 0.25) is 0 Å². The summed E-state index contributed by atoms with van der Waals surface area (Å²) in [6.45, 7) is 0.276. The summed E-state index contributed by atoms with van der Waals surface area (Å²) in [5.74, 6) is 0.939. The highest BCUT2D eigenvalue weighted by Crippen LogP contribution is 2.36. The molecular formula is C17H15NO4. The standard InChI is InChI=1S/C17H15NO4/c1-21-15-9-5-8-13-14(19)10-11-18(16(13)15)17(20)22-12-6-3-2-4-7-12/h2-9H,10-11H2,1H3. The van der Waals surface area contributed by atoms with Gasteiger partial charge in [-0.25, -0.2) is 4.79 Å². The molecule has 0 bridgehead atoms. The number of nitrogens with zero attached hydrogens (tertiary/aromatic N) is 1. The maximum absolute atomic E-state index is 12.4. The van der Waals surface area contributed by atoms with Gasteiger partial charge in [-0.15, -0.1) is 0 Å². The van der Waals surface area contributed by atoms with Gasteiger partial charge in [-0.2, -0.15) is 0 Å². The van der Waals surface area contributed by atoms with Crippen molar-refractivity contribution in [2.75, 3.05) is 18.6 Å². The molecule has 0 radical (unpaired) electrons. The molecule has 0 saturated heterocycles. The van der Waals surface area contributed by atoms with Crippen LogP contribution >= 0.6 is 0 Å². The molecule has 0 aromatic heterocycles. The third-order valence-electron chi connectivity index (χ3n) is 3.52. The second-order valence-electron chi connectivity index (χ2n) is 4.86. The topological polar surface area (TPSA) is 55.8 Å². The van der Waals surface area contributed by atoms with Gasteiger partial charge in [0, 0.05) is 18.5 Å². The van der Waals surface area contributed by atoms with Gasteiger partial charge in [0.05, 0.1) is 12.8 Å². The van der Waals surface area contributed by atoms with E-state index in [0.29, 0.717) is 22.7 Å². The van der Waals surface area contributed by atoms with E-state index in [2.05, 4.69) is 0 Å². The predicted molar refractivity (Wildman–Crippen MR) is 81.8 cm³/mol. The van der Waals surface area contributed by atoms with E-state index in [4.69, 9.17) is 9.47 Å². The Kier molecular flexibility index (Phi) is 3.78. The van der Waals surface area contributed by atoms with Crippen molar-refractivity contribution in [3.8, 4) is 11.5 Å². The number of fused-ring (bicyclic) bond motifs is 1. The first-order valence-electron chi connectivity index (χ1n) is 6.95. The first kappa shape index (κ1) is 14.1. The van der Waals surface area contributed by atoms with E-state index in [-0.39, 0.29) is 18.7 Å². The Bertz CT molecular complexity index is 712. The number of ether oxygens (including phenoxy) is 2. The Balaban J connectivity index is 1.94. The fourth-order valence-corrected chi connectivity index (χ4v) is 2.48. The number of hydrogen-bond acceptors (Lipinski definition) is 4. The van der Waals surface area contributed by atoms with Gasteiger partial charge in [0.1, 0.15) is 11.5 Å². The molecule has 0 unspecified atom stereocenters. The molecule has 5 nitrogen and oxygen atoms in total. The lowest BCUT2D eigenvalue weighted by molar-refractivity contribution is 0.0979. The van der Waals surface area contributed by atoms with Crippen LogP contribution in [0.15, 0.2) is 48.5 Å².